The lowest BCUT2D eigenvalue weighted by Crippen LogP contribution is -2.07. The third-order valence-corrected chi connectivity index (χ3v) is 23.4. The van der Waals surface area contributed by atoms with Crippen LogP contribution in [0, 0.1) is 10.1 Å². The molecule has 12 rings (SSSR count). The minimum absolute atomic E-state index is 0.0286. The van der Waals surface area contributed by atoms with Crippen LogP contribution in [0.1, 0.15) is 139 Å². The van der Waals surface area contributed by atoms with Gasteiger partial charge < -0.3 is 92.7 Å². The molecular formula is C92H85Br4Cl6N5O28. The fourth-order valence-corrected chi connectivity index (χ4v) is 14.9. The number of carboxylic acids is 1. The summed E-state index contributed by atoms with van der Waals surface area (Å²) >= 11 is 50.0. The molecule has 2 aliphatic carbocycles. The lowest BCUT2D eigenvalue weighted by Gasteiger charge is -2.18. The van der Waals surface area contributed by atoms with Crippen molar-refractivity contribution in [2.75, 3.05) is 118 Å². The molecule has 43 heteroatoms. The second-order valence-electron chi connectivity index (χ2n) is 26.4. The number of nitrogens with zero attached hydrogens (tertiary/aromatic N) is 3. The normalized spacial score (nSPS) is 10.9. The Bertz CT molecular complexity index is 6020. The molecule has 8 aromatic carbocycles. The number of aromatic carboxylic acids is 1. The number of rotatable bonds is 23. The van der Waals surface area contributed by atoms with Crippen LogP contribution in [-0.2, 0) is 52.4 Å². The summed E-state index contributed by atoms with van der Waals surface area (Å²) < 4.78 is 75.1. The average Bonchev–Trinajstić information content (AvgIpc) is 1.71. The van der Waals surface area contributed by atoms with Crippen LogP contribution in [-0.4, -0.2) is 186 Å². The van der Waals surface area contributed by atoms with E-state index in [-0.39, 0.29) is 60.1 Å². The van der Waals surface area contributed by atoms with Gasteiger partial charge in [-0.2, -0.15) is 0 Å². The molecule has 0 spiro atoms. The number of fused-ring (bicyclic) bond motifs is 2. The number of methoxy groups -OCH3 is 15. The van der Waals surface area contributed by atoms with Gasteiger partial charge in [-0.05, 0) is 189 Å². The van der Waals surface area contributed by atoms with Crippen molar-refractivity contribution in [2.45, 2.75) is 25.4 Å². The Kier molecular flexibility index (Phi) is 46.1. The predicted molar refractivity (Wildman–Crippen MR) is 523 cm³/mol. The molecule has 2 aliphatic rings. The van der Waals surface area contributed by atoms with Crippen LogP contribution in [0.3, 0.4) is 0 Å². The maximum Gasteiger partial charge on any atom is 0.338 e. The Morgan fingerprint density at radius 3 is 1.26 bits per heavy atom. The van der Waals surface area contributed by atoms with E-state index in [1.807, 2.05) is 18.2 Å². The van der Waals surface area contributed by atoms with Gasteiger partial charge in [0.05, 0.1) is 209 Å². The molecule has 1 unspecified atom stereocenters. The molecule has 2 aromatic heterocycles. The minimum atomic E-state index is -1.12. The highest BCUT2D eigenvalue weighted by Crippen LogP contribution is 2.45. The standard InChI is InChI=1S/C18H15BrClNO4.C17H12BrCl2NO3.C11H11ClO3.C10H9ClO4.C9H8BrClO3.C9H10BrNO3.C9H9NO5.C9H11NO3/c1-24-15-6-9(18(23)25-2)5-13(16(15)20)17(22)11-3-4-14-12(11)7-10(19)8-21-14;1-24-14-6-12(17(22)23)15(19)11(16(14)20)4-8-2-3-13-10(8)5-9(18)7-21-13;1-4-7-5-8(11(13)15-3)6-9(14-2)10(7)12;1-14-8-4-6(10(13)15-2)3-7(5-12)9(8)11;2*1-13-7-4-5(9(12)14-2)3-6(10)8(7)11;1-14-8-5-6(9(11)15-2)3-4-7(8)10(12)13;1-12-8-5-6(9(11)13-2)3-4-7(8)10/h3,5-8,17,22H,4H2,1-2H3;2,5-7H,3-4H2,1H3,(H,22,23);4-6H,1H2,2-3H3;3-5H,1-2H3;3-4H,1-2H3;3-4H,11H2,1-2H3;3-5H,1-2H3;3-5H,10H2,1-2H3. The van der Waals surface area contributed by atoms with Crippen LogP contribution < -0.4 is 49.4 Å². The number of carbonyl (C=O) groups is 9. The molecule has 0 saturated carbocycles. The molecule has 0 aliphatic heterocycles. The van der Waals surface area contributed by atoms with Crippen molar-refractivity contribution < 1.29 is 129 Å². The van der Waals surface area contributed by atoms with Gasteiger partial charge in [0, 0.05) is 83.9 Å². The quantitative estimate of drug-likeness (QED) is 0.0115. The van der Waals surface area contributed by atoms with Gasteiger partial charge in [-0.25, -0.2) is 38.4 Å². The average molecular weight is 2240 g/mol. The smallest absolute Gasteiger partial charge is 0.338 e. The zero-order chi connectivity index (χ0) is 101. The predicted octanol–water partition coefficient (Wildman–Crippen LogP) is 20.9. The van der Waals surface area contributed by atoms with Gasteiger partial charge in [0.15, 0.2) is 12.0 Å². The first kappa shape index (κ1) is 113. The third kappa shape index (κ3) is 30.4. The summed E-state index contributed by atoms with van der Waals surface area (Å²) in [6, 6.07) is 28.9. The second kappa shape index (κ2) is 54.9. The number of hydrogen-bond acceptors (Lipinski definition) is 31. The number of esters is 7. The Balaban J connectivity index is 0.000000276. The lowest BCUT2D eigenvalue weighted by molar-refractivity contribution is -0.385. The van der Waals surface area contributed by atoms with Crippen molar-refractivity contribution in [1.29, 1.82) is 0 Å². The molecule has 0 fully saturated rings. The Labute approximate surface area is 837 Å². The van der Waals surface area contributed by atoms with Gasteiger partial charge in [-0.3, -0.25) is 24.9 Å². The molecule has 0 radical (unpaired) electrons. The lowest BCUT2D eigenvalue weighted by atomic mass is 9.96. The van der Waals surface area contributed by atoms with Crippen LogP contribution in [0.4, 0.5) is 17.1 Å². The summed E-state index contributed by atoms with van der Waals surface area (Å²) in [7, 11) is 20.6. The maximum atomic E-state index is 11.9. The number of carboxylic acid groups (broad SMARTS) is 1. The highest BCUT2D eigenvalue weighted by atomic mass is 79.9. The van der Waals surface area contributed by atoms with Crippen LogP contribution in [0.25, 0.3) is 17.2 Å². The molecule has 6 N–H and O–H groups in total. The number of anilines is 2. The summed E-state index contributed by atoms with van der Waals surface area (Å²) in [5.41, 5.74) is 21.4. The number of benzene rings is 8. The van der Waals surface area contributed by atoms with Crippen molar-refractivity contribution in [2.24, 2.45) is 0 Å². The van der Waals surface area contributed by atoms with Crippen molar-refractivity contribution >= 4 is 222 Å². The number of carbonyl (C=O) groups excluding carboxylic acids is 8. The highest BCUT2D eigenvalue weighted by Gasteiger charge is 2.30. The van der Waals surface area contributed by atoms with Crippen LogP contribution in [0.2, 0.25) is 30.1 Å². The molecule has 135 heavy (non-hydrogen) atoms. The van der Waals surface area contributed by atoms with E-state index < -0.39 is 58.8 Å². The number of aldehydes is 1. The minimum Gasteiger partial charge on any atom is -0.495 e. The van der Waals surface area contributed by atoms with Gasteiger partial charge in [-0.15, -0.1) is 0 Å². The van der Waals surface area contributed by atoms with Gasteiger partial charge in [0.1, 0.15) is 46.4 Å². The summed E-state index contributed by atoms with van der Waals surface area (Å²) in [6.07, 6.45) is 10.3. The molecule has 0 bridgehead atoms. The molecule has 2 heterocycles. The number of nitro groups is 1. The van der Waals surface area contributed by atoms with E-state index in [2.05, 4.69) is 115 Å². The molecule has 33 nitrogen and oxygen atoms in total. The van der Waals surface area contributed by atoms with E-state index in [0.29, 0.717) is 134 Å². The van der Waals surface area contributed by atoms with E-state index in [4.69, 9.17) is 124 Å². The Morgan fingerprint density at radius 1 is 0.444 bits per heavy atom. The summed E-state index contributed by atoms with van der Waals surface area (Å²) in [4.78, 5) is 120. The van der Waals surface area contributed by atoms with E-state index in [9.17, 15) is 63.5 Å². The molecule has 0 saturated heterocycles. The topological polar surface area (TPSA) is 454 Å². The Hall–Kier alpha value is -12.3. The van der Waals surface area contributed by atoms with Crippen molar-refractivity contribution in [3.05, 3.63) is 294 Å². The highest BCUT2D eigenvalue weighted by molar-refractivity contribution is 9.11. The largest absolute Gasteiger partial charge is 0.495 e. The van der Waals surface area contributed by atoms with E-state index >= 15 is 0 Å². The number of hydrogen-bond donors (Lipinski definition) is 4. The monoisotopic (exact) mass is 2230 g/mol. The van der Waals surface area contributed by atoms with Gasteiger partial charge in [0.25, 0.3) is 0 Å². The number of aromatic nitrogens is 2. The Morgan fingerprint density at radius 2 is 0.815 bits per heavy atom. The zero-order valence-electron chi connectivity index (χ0n) is 74.1. The number of ether oxygens (including phenoxy) is 15. The van der Waals surface area contributed by atoms with Gasteiger partial charge in [0.2, 0.25) is 0 Å². The van der Waals surface area contributed by atoms with Crippen LogP contribution >= 0.6 is 133 Å². The van der Waals surface area contributed by atoms with Crippen LogP contribution in [0.15, 0.2) is 164 Å². The molecule has 1 atom stereocenters. The molecular weight excluding hydrogens is 2160 g/mol. The number of nitrogen functional groups attached to an aromatic ring is 2. The van der Waals surface area contributed by atoms with Crippen molar-refractivity contribution in [3.63, 3.8) is 0 Å². The first-order valence-corrected chi connectivity index (χ1v) is 43.4. The van der Waals surface area contributed by atoms with E-state index in [1.165, 1.54) is 173 Å². The second-order valence-corrected chi connectivity index (χ2v) is 32.2. The summed E-state index contributed by atoms with van der Waals surface area (Å²) in [6.45, 7) is 3.60. The fourth-order valence-electron chi connectivity index (χ4n) is 11.8. The van der Waals surface area contributed by atoms with Gasteiger partial charge in [-0.1, -0.05) is 94.4 Å². The molecule has 10 aromatic rings. The van der Waals surface area contributed by atoms with E-state index in [0.717, 1.165) is 43.5 Å². The first-order valence-electron chi connectivity index (χ1n) is 38.0. The van der Waals surface area contributed by atoms with E-state index in [1.54, 1.807) is 54.9 Å². The van der Waals surface area contributed by atoms with Gasteiger partial charge >= 0.3 is 53.4 Å². The number of halogens is 10. The van der Waals surface area contributed by atoms with Crippen LogP contribution in [0.5, 0.6) is 46.0 Å². The van der Waals surface area contributed by atoms with Crippen molar-refractivity contribution in [1.82, 2.24) is 9.97 Å². The number of nitro benzene ring substituents is 1. The number of aliphatic hydroxyl groups excluding tert-OH is 1. The first-order chi connectivity index (χ1) is 64.1. The third-order valence-electron chi connectivity index (χ3n) is 18.5. The summed E-state index contributed by atoms with van der Waals surface area (Å²) in [5, 5.41) is 32.6. The SMILES string of the molecule is C=Cc1cc(C(=O)OC)cc(OC)c1Cl.COC(=O)c1cc(Br)c(Cl)c(OC)c1.COC(=O)c1cc(Br)c(N)c(OC)c1.COC(=O)c1cc(C=O)c(Cl)c(OC)c1.COC(=O)c1cc(OC)c(Cl)c(C(O)C2=CCc3ncc(Br)cc32)c1.COC(=O)c1ccc(N)c(OC)c1.COC(=O)c1ccc([N+](=O)[O-])c(OC)c1.COc1cc(C(=O)O)c(Cl)c(CC2=CCc3ncc(Br)cc32)c1Cl. The summed E-state index contributed by atoms with van der Waals surface area (Å²) in [5.74, 6) is -1.81. The number of allylic oxidation sites excluding steroid dienone is 3. The van der Waals surface area contributed by atoms with Crippen molar-refractivity contribution in [3.8, 4) is 46.0 Å². The number of nitrogens with two attached hydrogens (primary N) is 2. The zero-order valence-corrected chi connectivity index (χ0v) is 85.0. The number of pyridine rings is 2. The molecule has 0 amide bonds. The number of aliphatic hydroxyl groups is 1. The fraction of sp³-hybridized carbons (Fsp3) is 0.207. The maximum absolute atomic E-state index is 11.9. The molecule has 716 valence electrons.